The van der Waals surface area contributed by atoms with Crippen LogP contribution in [0.25, 0.3) is 48.4 Å². The normalized spacial score (nSPS) is 13.3. The Labute approximate surface area is 676 Å². The molecule has 0 atom stereocenters. The van der Waals surface area contributed by atoms with Crippen LogP contribution in [0.5, 0.6) is 0 Å². The van der Waals surface area contributed by atoms with Gasteiger partial charge < -0.3 is 0 Å². The van der Waals surface area contributed by atoms with Crippen molar-refractivity contribution in [2.24, 2.45) is 0 Å². The quantitative estimate of drug-likeness (QED) is 0.0281. The Kier molecular flexibility index (Phi) is 30.4. The first-order valence-corrected chi connectivity index (χ1v) is 48.4. The molecule has 108 heavy (non-hydrogen) atoms. The van der Waals surface area contributed by atoms with Gasteiger partial charge in [-0.3, -0.25) is 9.59 Å². The molecule has 0 unspecified atom stereocenters. The van der Waals surface area contributed by atoms with Gasteiger partial charge in [0.25, 0.3) is 0 Å². The van der Waals surface area contributed by atoms with Gasteiger partial charge in [-0.25, -0.2) is 0 Å². The number of benzene rings is 4. The van der Waals surface area contributed by atoms with E-state index in [2.05, 4.69) is 189 Å². The summed E-state index contributed by atoms with van der Waals surface area (Å²) in [5.41, 5.74) is 24.5. The molecular weight excluding hydrogens is 1430 g/mol. The Morgan fingerprint density at radius 1 is 0.250 bits per heavy atom. The summed E-state index contributed by atoms with van der Waals surface area (Å²) in [5.74, 6) is 0. The molecule has 12 rings (SSSR count). The van der Waals surface area contributed by atoms with E-state index in [9.17, 15) is 9.59 Å². The molecule has 0 saturated heterocycles. The number of rotatable bonds is 48. The Balaban J connectivity index is 1.26. The van der Waals surface area contributed by atoms with Crippen LogP contribution in [0.4, 0.5) is 0 Å². The summed E-state index contributed by atoms with van der Waals surface area (Å²) in [5, 5.41) is 0. The summed E-state index contributed by atoms with van der Waals surface area (Å²) >= 11 is 11.7. The van der Waals surface area contributed by atoms with Gasteiger partial charge in [0.2, 0.25) is 0 Å². The first-order chi connectivity index (χ1) is 52.9. The SMILES string of the molecule is CCCCCCc1cc(CCCCCC)cc(C2(c3cc(CCCCCC)cc(CCCCCC)c3)c3cc(-c4cc(C)c(C=O)s4)sc3-c3sc4c5c(sc4c32)-c2sc(-c3cc(C)c(C=O)s3)cc2C5(c2cc(CCCCCC)cc(CCCCCC)c2)c2cc(CCCCCC)cc(CCCCCC)c2)c1. The molecule has 0 fully saturated rings. The van der Waals surface area contributed by atoms with Gasteiger partial charge in [-0.1, -0.05) is 282 Å². The molecule has 0 amide bonds. The lowest BCUT2D eigenvalue weighted by atomic mass is 9.65. The number of aldehydes is 2. The second kappa shape index (κ2) is 39.9. The third kappa shape index (κ3) is 18.2. The largest absolute Gasteiger partial charge is 0.297 e. The summed E-state index contributed by atoms with van der Waals surface area (Å²) in [6, 6.07) is 42.6. The van der Waals surface area contributed by atoms with Crippen molar-refractivity contribution < 1.29 is 9.59 Å². The lowest BCUT2D eigenvalue weighted by Gasteiger charge is -2.35. The topological polar surface area (TPSA) is 34.1 Å². The zero-order valence-corrected chi connectivity index (χ0v) is 72.8. The smallest absolute Gasteiger partial charge is 0.160 e. The zero-order valence-electron chi connectivity index (χ0n) is 67.9. The number of thiophene rings is 6. The second-order valence-electron chi connectivity index (χ2n) is 32.7. The molecule has 2 nitrogen and oxygen atoms in total. The number of fused-ring (bicyclic) bond motifs is 9. The molecule has 6 aromatic heterocycles. The first kappa shape index (κ1) is 82.1. The van der Waals surface area contributed by atoms with Crippen molar-refractivity contribution in [2.75, 3.05) is 0 Å². The summed E-state index contributed by atoms with van der Waals surface area (Å²) in [6.07, 6.45) is 50.3. The van der Waals surface area contributed by atoms with Gasteiger partial charge in [-0.15, -0.1) is 68.0 Å². The fraction of sp³-hybridized carbons (Fsp3) is 0.520. The summed E-state index contributed by atoms with van der Waals surface area (Å²) in [4.78, 5) is 38.3. The van der Waals surface area contributed by atoms with Crippen molar-refractivity contribution in [2.45, 2.75) is 337 Å². The highest BCUT2D eigenvalue weighted by Crippen LogP contribution is 2.71. The van der Waals surface area contributed by atoms with E-state index in [0.717, 1.165) is 84.8 Å². The molecule has 0 spiro atoms. The number of unbranched alkanes of at least 4 members (excludes halogenated alkanes) is 24. The molecular formula is C100H128O2S6. The number of hydrogen-bond donors (Lipinski definition) is 0. The van der Waals surface area contributed by atoms with E-state index < -0.39 is 10.8 Å². The van der Waals surface area contributed by atoms with Gasteiger partial charge in [0, 0.05) is 30.6 Å². The third-order valence-corrected chi connectivity index (χ3v) is 31.9. The number of carbonyl (C=O) groups excluding carboxylic acids is 2. The first-order valence-electron chi connectivity index (χ1n) is 43.5. The lowest BCUT2D eigenvalue weighted by Crippen LogP contribution is -2.30. The highest BCUT2D eigenvalue weighted by Gasteiger charge is 2.56. The minimum Gasteiger partial charge on any atom is -0.297 e. The van der Waals surface area contributed by atoms with E-state index in [0.29, 0.717) is 0 Å². The Morgan fingerprint density at radius 2 is 0.472 bits per heavy atom. The van der Waals surface area contributed by atoms with Crippen LogP contribution in [-0.4, -0.2) is 12.6 Å². The molecule has 0 bridgehead atoms. The predicted octanol–water partition coefficient (Wildman–Crippen LogP) is 32.5. The molecule has 0 saturated carbocycles. The van der Waals surface area contributed by atoms with Gasteiger partial charge in [0.05, 0.1) is 49.5 Å². The van der Waals surface area contributed by atoms with Gasteiger partial charge in [-0.2, -0.15) is 0 Å². The highest BCUT2D eigenvalue weighted by atomic mass is 32.1. The van der Waals surface area contributed by atoms with E-state index in [-0.39, 0.29) is 0 Å². The molecule has 2 aliphatic carbocycles. The van der Waals surface area contributed by atoms with Crippen LogP contribution in [-0.2, 0) is 62.2 Å². The van der Waals surface area contributed by atoms with Gasteiger partial charge in [-0.05, 0) is 230 Å². The maximum Gasteiger partial charge on any atom is 0.160 e. The second-order valence-corrected chi connectivity index (χ2v) is 39.0. The minimum atomic E-state index is -0.662. The molecule has 4 aromatic carbocycles. The van der Waals surface area contributed by atoms with Crippen LogP contribution in [0.1, 0.15) is 380 Å². The molecule has 0 N–H and O–H groups in total. The summed E-state index contributed by atoms with van der Waals surface area (Å²) in [6.45, 7) is 23.1. The van der Waals surface area contributed by atoms with E-state index >= 15 is 0 Å². The minimum absolute atomic E-state index is 0.662. The van der Waals surface area contributed by atoms with Crippen molar-refractivity contribution in [3.05, 3.63) is 207 Å². The van der Waals surface area contributed by atoms with Crippen molar-refractivity contribution in [3.8, 4) is 39.0 Å². The molecule has 576 valence electrons. The number of aryl methyl sites for hydroxylation is 10. The van der Waals surface area contributed by atoms with E-state index in [1.165, 1.54) is 343 Å². The fourth-order valence-corrected chi connectivity index (χ4v) is 26.2. The van der Waals surface area contributed by atoms with Crippen LogP contribution >= 0.6 is 68.0 Å². The summed E-state index contributed by atoms with van der Waals surface area (Å²) in [7, 11) is 0. The average molecular weight is 1550 g/mol. The van der Waals surface area contributed by atoms with Crippen LogP contribution < -0.4 is 0 Å². The Hall–Kier alpha value is -5.32. The van der Waals surface area contributed by atoms with Crippen LogP contribution in [0.3, 0.4) is 0 Å². The lowest BCUT2D eigenvalue weighted by molar-refractivity contribution is 0.111. The van der Waals surface area contributed by atoms with E-state index in [4.69, 9.17) is 0 Å². The van der Waals surface area contributed by atoms with Crippen molar-refractivity contribution >= 4 is 90.0 Å². The number of carbonyl (C=O) groups is 2. The predicted molar refractivity (Wildman–Crippen MR) is 480 cm³/mol. The van der Waals surface area contributed by atoms with Gasteiger partial charge in [0.1, 0.15) is 0 Å². The van der Waals surface area contributed by atoms with Gasteiger partial charge in [0.15, 0.2) is 12.6 Å². The van der Waals surface area contributed by atoms with Crippen molar-refractivity contribution in [1.82, 2.24) is 0 Å². The molecule has 0 radical (unpaired) electrons. The molecule has 0 aliphatic heterocycles. The standard InChI is InChI=1S/C100H128O2S6/c1-11-19-27-35-43-71-53-72(44-36-28-20-12-2)58-79(57-71)99(80-59-73(45-37-29-21-13-3)54-74(60-80)46-38-30-22-14-4)83-65-87(85-51-69(9)89(67-101)103-85)105-93(83)95-91(99)97-98(107-95)92-96(108-97)94-84(66-88(106-94)86-52-70(10)90(68-102)104-86)100(92,81-61-75(47-39-31-23-15-5)55-76(62-81)48-40-32-24-16-6)82-63-77(49-41-33-25-17-7)56-78(64-82)50-42-34-26-18-8/h51-68H,11-50H2,1-10H3. The Bertz CT molecular complexity index is 4020. The average Bonchev–Trinajstić information content (AvgIpc) is 1.52. The van der Waals surface area contributed by atoms with Crippen LogP contribution in [0, 0.1) is 13.8 Å². The van der Waals surface area contributed by atoms with Gasteiger partial charge >= 0.3 is 0 Å². The maximum absolute atomic E-state index is 13.0. The molecule has 2 aliphatic rings. The Morgan fingerprint density at radius 3 is 0.676 bits per heavy atom. The van der Waals surface area contributed by atoms with Crippen molar-refractivity contribution in [3.63, 3.8) is 0 Å². The molecule has 10 aromatic rings. The molecule has 6 heterocycles. The van der Waals surface area contributed by atoms with Crippen LogP contribution in [0.15, 0.2) is 97.1 Å². The monoisotopic (exact) mass is 1550 g/mol. The molecule has 8 heteroatoms. The highest BCUT2D eigenvalue weighted by molar-refractivity contribution is 7.35. The summed E-state index contributed by atoms with van der Waals surface area (Å²) < 4.78 is 2.95. The number of hydrogen-bond acceptors (Lipinski definition) is 8. The third-order valence-electron chi connectivity index (χ3n) is 24.1. The van der Waals surface area contributed by atoms with Crippen LogP contribution in [0.2, 0.25) is 0 Å². The van der Waals surface area contributed by atoms with E-state index in [1.807, 2.05) is 22.7 Å². The maximum atomic E-state index is 13.0. The fourth-order valence-electron chi connectivity index (χ4n) is 18.2. The van der Waals surface area contributed by atoms with Crippen molar-refractivity contribution in [1.29, 1.82) is 0 Å². The zero-order chi connectivity index (χ0) is 75.6. The van der Waals surface area contributed by atoms with E-state index in [1.54, 1.807) is 22.7 Å².